The number of rotatable bonds is 1. The van der Waals surface area contributed by atoms with Gasteiger partial charge >= 0.3 is 0 Å². The molecule has 2 nitrogen and oxygen atoms in total. The van der Waals surface area contributed by atoms with Gasteiger partial charge in [0, 0.05) is 42.3 Å². The molecule has 78 valence electrons. The Morgan fingerprint density at radius 3 is 2.80 bits per heavy atom. The minimum atomic E-state index is 0.159. The van der Waals surface area contributed by atoms with Crippen LogP contribution in [0.4, 0.5) is 0 Å². The second kappa shape index (κ2) is 3.81. The van der Waals surface area contributed by atoms with Crippen LogP contribution < -0.4 is 0 Å². The highest BCUT2D eigenvalue weighted by Gasteiger charge is 2.24. The number of ketones is 1. The second-order valence-electron chi connectivity index (χ2n) is 3.93. The van der Waals surface area contributed by atoms with Crippen LogP contribution in [-0.4, -0.2) is 24.8 Å². The molecule has 0 atom stereocenters. The average molecular weight is 266 g/mol. The molecule has 3 heteroatoms. The summed E-state index contributed by atoms with van der Waals surface area (Å²) in [4.78, 5) is 13.8. The Bertz CT molecular complexity index is 449. The van der Waals surface area contributed by atoms with Crippen molar-refractivity contribution in [2.24, 2.45) is 0 Å². The van der Waals surface area contributed by atoms with E-state index in [0.717, 1.165) is 27.6 Å². The zero-order valence-electron chi connectivity index (χ0n) is 8.75. The molecule has 0 bridgehead atoms. The Balaban J connectivity index is 2.41. The van der Waals surface area contributed by atoms with Gasteiger partial charge in [-0.3, -0.25) is 4.79 Å². The van der Waals surface area contributed by atoms with Gasteiger partial charge in [0.2, 0.25) is 0 Å². The Hall–Kier alpha value is -1.09. The van der Waals surface area contributed by atoms with Crippen molar-refractivity contribution in [2.75, 3.05) is 14.1 Å². The van der Waals surface area contributed by atoms with Crippen LogP contribution in [0.15, 0.2) is 34.4 Å². The number of allylic oxidation sites excluding steroid dienone is 1. The number of carbonyl (C=O) groups excluding carboxylic acids is 1. The first kappa shape index (κ1) is 10.4. The summed E-state index contributed by atoms with van der Waals surface area (Å²) < 4.78 is 1.03. The molecule has 0 spiro atoms. The fourth-order valence-corrected chi connectivity index (χ4v) is 2.21. The second-order valence-corrected chi connectivity index (χ2v) is 4.84. The molecule has 0 fully saturated rings. The van der Waals surface area contributed by atoms with Crippen molar-refractivity contribution in [3.05, 3.63) is 45.6 Å². The number of benzene rings is 1. The maximum Gasteiger partial charge on any atom is 0.191 e. The third kappa shape index (κ3) is 1.97. The van der Waals surface area contributed by atoms with Gasteiger partial charge in [-0.05, 0) is 23.8 Å². The largest absolute Gasteiger partial charge is 0.383 e. The molecule has 2 rings (SSSR count). The third-order valence-electron chi connectivity index (χ3n) is 2.40. The van der Waals surface area contributed by atoms with Crippen molar-refractivity contribution in [1.29, 1.82) is 0 Å². The van der Waals surface area contributed by atoms with Crippen molar-refractivity contribution >= 4 is 21.7 Å². The molecule has 0 aromatic heterocycles. The molecule has 0 amide bonds. The molecule has 1 aromatic carbocycles. The third-order valence-corrected chi connectivity index (χ3v) is 2.89. The summed E-state index contributed by atoms with van der Waals surface area (Å²) in [6.45, 7) is 0. The molecule has 0 aliphatic heterocycles. The van der Waals surface area contributed by atoms with Crippen LogP contribution in [0.5, 0.6) is 0 Å². The first-order valence-corrected chi connectivity index (χ1v) is 5.57. The summed E-state index contributed by atoms with van der Waals surface area (Å²) in [5.74, 6) is 0.159. The van der Waals surface area contributed by atoms with E-state index in [-0.39, 0.29) is 5.78 Å². The van der Waals surface area contributed by atoms with Crippen LogP contribution in [0, 0.1) is 0 Å². The van der Waals surface area contributed by atoms with Crippen molar-refractivity contribution in [1.82, 2.24) is 4.90 Å². The number of fused-ring (bicyclic) bond motifs is 1. The van der Waals surface area contributed by atoms with Gasteiger partial charge in [-0.15, -0.1) is 0 Å². The molecular formula is C12H12BrNO. The molecule has 1 aromatic rings. The molecule has 0 N–H and O–H groups in total. The van der Waals surface area contributed by atoms with Gasteiger partial charge < -0.3 is 4.90 Å². The fraction of sp³-hybridized carbons (Fsp3) is 0.250. The van der Waals surface area contributed by atoms with Gasteiger partial charge in [0.1, 0.15) is 0 Å². The molecule has 0 saturated carbocycles. The molecule has 0 heterocycles. The predicted molar refractivity (Wildman–Crippen MR) is 63.9 cm³/mol. The number of nitrogens with zero attached hydrogens (tertiary/aromatic N) is 1. The van der Waals surface area contributed by atoms with E-state index in [1.165, 1.54) is 0 Å². The van der Waals surface area contributed by atoms with Gasteiger partial charge in [0.15, 0.2) is 5.78 Å². The van der Waals surface area contributed by atoms with Crippen molar-refractivity contribution in [3.63, 3.8) is 0 Å². The summed E-state index contributed by atoms with van der Waals surface area (Å²) in [6.07, 6.45) is 2.64. The van der Waals surface area contributed by atoms with Crippen LogP contribution in [0.3, 0.4) is 0 Å². The zero-order valence-corrected chi connectivity index (χ0v) is 10.3. The minimum Gasteiger partial charge on any atom is -0.383 e. The van der Waals surface area contributed by atoms with Crippen LogP contribution >= 0.6 is 15.9 Å². The Kier molecular flexibility index (Phi) is 2.65. The summed E-state index contributed by atoms with van der Waals surface area (Å²) in [6, 6.07) is 5.82. The maximum atomic E-state index is 11.9. The van der Waals surface area contributed by atoms with Crippen molar-refractivity contribution in [2.45, 2.75) is 6.42 Å². The highest BCUT2D eigenvalue weighted by Crippen LogP contribution is 2.28. The molecule has 1 aliphatic carbocycles. The monoisotopic (exact) mass is 265 g/mol. The van der Waals surface area contributed by atoms with Crippen molar-refractivity contribution < 1.29 is 4.79 Å². The number of hydrogen-bond acceptors (Lipinski definition) is 2. The lowest BCUT2D eigenvalue weighted by molar-refractivity contribution is 0.103. The summed E-state index contributed by atoms with van der Waals surface area (Å²) in [5, 5.41) is 0. The average Bonchev–Trinajstić information content (AvgIpc) is 2.42. The van der Waals surface area contributed by atoms with E-state index in [9.17, 15) is 4.79 Å². The standard InChI is InChI=1S/C12H12BrNO/c1-14(2)7-9-5-8-6-10(13)3-4-11(8)12(9)15/h3-4,6-7H,5H2,1-2H3/b9-7-. The van der Waals surface area contributed by atoms with Crippen LogP contribution in [0.2, 0.25) is 0 Å². The Morgan fingerprint density at radius 2 is 2.13 bits per heavy atom. The van der Waals surface area contributed by atoms with E-state index in [0.29, 0.717) is 0 Å². The predicted octanol–water partition coefficient (Wildman–Crippen LogP) is 2.63. The summed E-state index contributed by atoms with van der Waals surface area (Å²) >= 11 is 3.41. The topological polar surface area (TPSA) is 20.3 Å². The molecule has 1 aliphatic rings. The Labute approximate surface area is 97.7 Å². The van der Waals surface area contributed by atoms with E-state index in [4.69, 9.17) is 0 Å². The van der Waals surface area contributed by atoms with Gasteiger partial charge in [-0.25, -0.2) is 0 Å². The smallest absolute Gasteiger partial charge is 0.191 e. The molecule has 0 saturated heterocycles. The number of hydrogen-bond donors (Lipinski definition) is 0. The minimum absolute atomic E-state index is 0.159. The van der Waals surface area contributed by atoms with Gasteiger partial charge in [0.25, 0.3) is 0 Å². The highest BCUT2D eigenvalue weighted by molar-refractivity contribution is 9.10. The maximum absolute atomic E-state index is 11.9. The van der Waals surface area contributed by atoms with Crippen LogP contribution in [0.1, 0.15) is 15.9 Å². The zero-order chi connectivity index (χ0) is 11.0. The van der Waals surface area contributed by atoms with E-state index < -0.39 is 0 Å². The molecule has 0 unspecified atom stereocenters. The fourth-order valence-electron chi connectivity index (χ4n) is 1.80. The number of carbonyl (C=O) groups is 1. The summed E-state index contributed by atoms with van der Waals surface area (Å²) in [5.41, 5.74) is 2.82. The van der Waals surface area contributed by atoms with E-state index in [1.807, 2.05) is 43.4 Å². The lowest BCUT2D eigenvalue weighted by Gasteiger charge is -2.05. The lowest BCUT2D eigenvalue weighted by atomic mass is 10.1. The van der Waals surface area contributed by atoms with Gasteiger partial charge in [-0.2, -0.15) is 0 Å². The molecule has 0 radical (unpaired) electrons. The lowest BCUT2D eigenvalue weighted by Crippen LogP contribution is -2.06. The number of Topliss-reactive ketones (excluding diaryl/α,β-unsaturated/α-hetero) is 1. The normalized spacial score (nSPS) is 17.0. The first-order chi connectivity index (χ1) is 7.08. The number of halogens is 1. The van der Waals surface area contributed by atoms with Crippen molar-refractivity contribution in [3.8, 4) is 0 Å². The highest BCUT2D eigenvalue weighted by atomic mass is 79.9. The van der Waals surface area contributed by atoms with E-state index in [1.54, 1.807) is 0 Å². The molecule has 15 heavy (non-hydrogen) atoms. The Morgan fingerprint density at radius 1 is 1.40 bits per heavy atom. The van der Waals surface area contributed by atoms with E-state index >= 15 is 0 Å². The quantitative estimate of drug-likeness (QED) is 0.728. The SMILES string of the molecule is CN(C)/C=C1/Cc2cc(Br)ccc2C1=O. The van der Waals surface area contributed by atoms with Gasteiger partial charge in [0.05, 0.1) is 0 Å². The summed E-state index contributed by atoms with van der Waals surface area (Å²) in [7, 11) is 3.86. The van der Waals surface area contributed by atoms with Gasteiger partial charge in [-0.1, -0.05) is 15.9 Å². The van der Waals surface area contributed by atoms with Crippen LogP contribution in [-0.2, 0) is 6.42 Å². The van der Waals surface area contributed by atoms with E-state index in [2.05, 4.69) is 15.9 Å². The first-order valence-electron chi connectivity index (χ1n) is 4.78. The van der Waals surface area contributed by atoms with Crippen LogP contribution in [0.25, 0.3) is 0 Å². The molecular weight excluding hydrogens is 254 g/mol.